The first kappa shape index (κ1) is 13.3. The minimum atomic E-state index is -0.289. The Hall–Kier alpha value is -1.10. The van der Waals surface area contributed by atoms with E-state index < -0.39 is 0 Å². The number of nitrogens with one attached hydrogen (secondary N) is 1. The summed E-state index contributed by atoms with van der Waals surface area (Å²) in [5, 5.41) is 3.33. The van der Waals surface area contributed by atoms with Crippen LogP contribution in [0.5, 0.6) is 0 Å². The van der Waals surface area contributed by atoms with Crippen molar-refractivity contribution in [1.29, 1.82) is 0 Å². The maximum Gasteiger partial charge on any atom is 0.302 e. The first-order valence-electron chi connectivity index (χ1n) is 6.70. The quantitative estimate of drug-likeness (QED) is 0.747. The first-order valence-corrected chi connectivity index (χ1v) is 6.70. The van der Waals surface area contributed by atoms with Crippen LogP contribution in [0.25, 0.3) is 0 Å². The van der Waals surface area contributed by atoms with Crippen molar-refractivity contribution in [2.24, 2.45) is 5.41 Å². The van der Waals surface area contributed by atoms with Crippen LogP contribution < -0.4 is 5.32 Å². The molecule has 0 saturated carbocycles. The highest BCUT2D eigenvalue weighted by molar-refractivity contribution is 5.85. The summed E-state index contributed by atoms with van der Waals surface area (Å²) in [6, 6.07) is 0.243. The summed E-state index contributed by atoms with van der Waals surface area (Å²) in [6.07, 6.45) is 2.96. The normalized spacial score (nSPS) is 32.0. The number of ether oxygens (including phenoxy) is 1. The molecule has 1 spiro atoms. The number of esters is 1. The van der Waals surface area contributed by atoms with E-state index in [9.17, 15) is 9.59 Å². The molecule has 1 N–H and O–H groups in total. The lowest BCUT2D eigenvalue weighted by molar-refractivity contribution is -0.145. The minimum absolute atomic E-state index is 0.201. The van der Waals surface area contributed by atoms with E-state index in [1.54, 1.807) is 0 Å². The van der Waals surface area contributed by atoms with Gasteiger partial charge in [-0.25, -0.2) is 0 Å². The number of carbonyl (C=O) groups excluding carboxylic acids is 2. The summed E-state index contributed by atoms with van der Waals surface area (Å²) in [6.45, 7) is 6.09. The van der Waals surface area contributed by atoms with Gasteiger partial charge in [0.25, 0.3) is 0 Å². The molecular formula is C13H22N2O3. The average Bonchev–Trinajstić information content (AvgIpc) is 2.54. The van der Waals surface area contributed by atoms with Gasteiger partial charge in [-0.1, -0.05) is 0 Å². The number of carbonyl (C=O) groups is 2. The Morgan fingerprint density at radius 1 is 1.61 bits per heavy atom. The van der Waals surface area contributed by atoms with Crippen LogP contribution in [0.15, 0.2) is 0 Å². The van der Waals surface area contributed by atoms with Gasteiger partial charge < -0.3 is 15.0 Å². The smallest absolute Gasteiger partial charge is 0.302 e. The zero-order chi connectivity index (χ0) is 13.2. The zero-order valence-electron chi connectivity index (χ0n) is 11.2. The van der Waals surface area contributed by atoms with Gasteiger partial charge in [-0.3, -0.25) is 9.59 Å². The van der Waals surface area contributed by atoms with Crippen molar-refractivity contribution in [3.63, 3.8) is 0 Å². The molecule has 2 heterocycles. The molecule has 0 aliphatic carbocycles. The van der Waals surface area contributed by atoms with Gasteiger partial charge in [0.2, 0.25) is 5.91 Å². The highest BCUT2D eigenvalue weighted by Crippen LogP contribution is 2.40. The maximum atomic E-state index is 12.5. The number of amides is 1. The first-order chi connectivity index (χ1) is 8.55. The molecule has 0 aromatic carbocycles. The number of piperidine rings is 1. The van der Waals surface area contributed by atoms with E-state index in [1.807, 2.05) is 4.90 Å². The fourth-order valence-electron chi connectivity index (χ4n) is 3.20. The van der Waals surface area contributed by atoms with Gasteiger partial charge in [0.1, 0.15) is 6.61 Å². The van der Waals surface area contributed by atoms with E-state index in [-0.39, 0.29) is 23.3 Å². The maximum absolute atomic E-state index is 12.5. The topological polar surface area (TPSA) is 58.6 Å². The predicted octanol–water partition coefficient (Wildman–Crippen LogP) is 0.540. The Morgan fingerprint density at radius 3 is 3.00 bits per heavy atom. The molecule has 2 unspecified atom stereocenters. The molecule has 102 valence electrons. The molecule has 2 saturated heterocycles. The minimum Gasteiger partial charge on any atom is -0.464 e. The molecular weight excluding hydrogens is 232 g/mol. The highest BCUT2D eigenvalue weighted by Gasteiger charge is 2.50. The van der Waals surface area contributed by atoms with Crippen molar-refractivity contribution in [1.82, 2.24) is 10.2 Å². The van der Waals surface area contributed by atoms with Crippen molar-refractivity contribution >= 4 is 11.9 Å². The second kappa shape index (κ2) is 5.26. The Bertz CT molecular complexity index is 337. The molecule has 1 amide bonds. The molecule has 0 radical (unpaired) electrons. The number of hydrogen-bond acceptors (Lipinski definition) is 4. The van der Waals surface area contributed by atoms with Crippen LogP contribution in [0.3, 0.4) is 0 Å². The third kappa shape index (κ3) is 2.51. The van der Waals surface area contributed by atoms with E-state index >= 15 is 0 Å². The monoisotopic (exact) mass is 254 g/mol. The van der Waals surface area contributed by atoms with Gasteiger partial charge >= 0.3 is 5.97 Å². The molecule has 18 heavy (non-hydrogen) atoms. The van der Waals surface area contributed by atoms with E-state index in [0.29, 0.717) is 13.2 Å². The molecule has 0 aromatic heterocycles. The molecule has 0 aromatic rings. The lowest BCUT2D eigenvalue weighted by Gasteiger charge is -2.32. The second-order valence-electron chi connectivity index (χ2n) is 5.45. The largest absolute Gasteiger partial charge is 0.464 e. The summed E-state index contributed by atoms with van der Waals surface area (Å²) in [5.41, 5.74) is -0.201. The molecule has 0 bridgehead atoms. The Labute approximate surface area is 108 Å². The fraction of sp³-hybridized carbons (Fsp3) is 0.846. The van der Waals surface area contributed by atoms with Gasteiger partial charge in [-0.15, -0.1) is 0 Å². The van der Waals surface area contributed by atoms with E-state index in [1.165, 1.54) is 6.92 Å². The third-order valence-corrected chi connectivity index (χ3v) is 4.04. The molecule has 2 fully saturated rings. The van der Waals surface area contributed by atoms with Gasteiger partial charge in [-0.2, -0.15) is 0 Å². The average molecular weight is 254 g/mol. The van der Waals surface area contributed by atoms with Gasteiger partial charge in [0.15, 0.2) is 0 Å². The molecule has 2 aliphatic heterocycles. The van der Waals surface area contributed by atoms with Crippen molar-refractivity contribution in [2.75, 3.05) is 26.2 Å². The predicted molar refractivity (Wildman–Crippen MR) is 67.0 cm³/mol. The van der Waals surface area contributed by atoms with Crippen molar-refractivity contribution < 1.29 is 14.3 Å². The molecule has 2 atom stereocenters. The number of nitrogens with zero attached hydrogens (tertiary/aromatic N) is 1. The second-order valence-corrected chi connectivity index (χ2v) is 5.45. The van der Waals surface area contributed by atoms with Crippen LogP contribution in [0.4, 0.5) is 0 Å². The highest BCUT2D eigenvalue weighted by atomic mass is 16.5. The lowest BCUT2D eigenvalue weighted by atomic mass is 9.78. The van der Waals surface area contributed by atoms with Crippen LogP contribution in [0.2, 0.25) is 0 Å². The SMILES string of the molecule is CC(=O)OCCN1C(=O)C2(CCCNC2)CC1C. The summed E-state index contributed by atoms with van der Waals surface area (Å²) in [4.78, 5) is 25.1. The number of hydrogen-bond donors (Lipinski definition) is 1. The Kier molecular flexibility index (Phi) is 3.90. The van der Waals surface area contributed by atoms with Gasteiger partial charge in [0, 0.05) is 19.5 Å². The Balaban J connectivity index is 1.95. The molecule has 2 aliphatic rings. The van der Waals surface area contributed by atoms with Crippen molar-refractivity contribution in [3.05, 3.63) is 0 Å². The molecule has 5 heteroatoms. The Morgan fingerprint density at radius 2 is 2.39 bits per heavy atom. The van der Waals surface area contributed by atoms with Crippen molar-refractivity contribution in [3.8, 4) is 0 Å². The third-order valence-electron chi connectivity index (χ3n) is 4.04. The van der Waals surface area contributed by atoms with E-state index in [4.69, 9.17) is 4.74 Å². The summed E-state index contributed by atoms with van der Waals surface area (Å²) in [7, 11) is 0. The standard InChI is InChI=1S/C13H22N2O3/c1-10-8-13(4-3-5-14-9-13)12(17)15(10)6-7-18-11(2)16/h10,14H,3-9H2,1-2H3. The van der Waals surface area contributed by atoms with E-state index in [0.717, 1.165) is 32.4 Å². The van der Waals surface area contributed by atoms with Gasteiger partial charge in [0.05, 0.1) is 12.0 Å². The number of likely N-dealkylation sites (tertiary alicyclic amines) is 1. The fourth-order valence-corrected chi connectivity index (χ4v) is 3.20. The summed E-state index contributed by atoms with van der Waals surface area (Å²) >= 11 is 0. The van der Waals surface area contributed by atoms with Crippen LogP contribution >= 0.6 is 0 Å². The van der Waals surface area contributed by atoms with E-state index in [2.05, 4.69) is 12.2 Å². The summed E-state index contributed by atoms with van der Waals surface area (Å²) in [5.74, 6) is -0.0577. The van der Waals surface area contributed by atoms with Crippen molar-refractivity contribution in [2.45, 2.75) is 39.2 Å². The summed E-state index contributed by atoms with van der Waals surface area (Å²) < 4.78 is 4.93. The van der Waals surface area contributed by atoms with Crippen LogP contribution in [-0.2, 0) is 14.3 Å². The van der Waals surface area contributed by atoms with Gasteiger partial charge in [-0.05, 0) is 32.7 Å². The zero-order valence-corrected chi connectivity index (χ0v) is 11.2. The molecule has 2 rings (SSSR count). The number of rotatable bonds is 3. The van der Waals surface area contributed by atoms with Crippen LogP contribution in [-0.4, -0.2) is 49.1 Å². The molecule has 5 nitrogen and oxygen atoms in total. The van der Waals surface area contributed by atoms with Crippen LogP contribution in [0.1, 0.15) is 33.1 Å². The lowest BCUT2D eigenvalue weighted by Crippen LogP contribution is -2.46. The van der Waals surface area contributed by atoms with Crippen LogP contribution in [0, 0.1) is 5.41 Å².